The molecule has 0 amide bonds. The number of nitro groups is 1. The van der Waals surface area contributed by atoms with Gasteiger partial charge in [-0.25, -0.2) is 13.6 Å². The number of rotatable bonds is 7. The van der Waals surface area contributed by atoms with Gasteiger partial charge in [0.05, 0.1) is 4.92 Å². The van der Waals surface area contributed by atoms with Gasteiger partial charge in [-0.15, -0.1) is 0 Å². The largest absolute Gasteiger partial charge is 0.365 e. The molecule has 8 heteroatoms. The van der Waals surface area contributed by atoms with Crippen LogP contribution in [0, 0.1) is 16.0 Å². The number of nitrogens with zero attached hydrogens (tertiary/aromatic N) is 2. The number of hydrogen-bond donors (Lipinski definition) is 1. The molecule has 1 saturated carbocycles. The van der Waals surface area contributed by atoms with Crippen LogP contribution >= 0.6 is 0 Å². The van der Waals surface area contributed by atoms with Crippen molar-refractivity contribution in [2.45, 2.75) is 50.3 Å². The molecule has 0 saturated heterocycles. The van der Waals surface area contributed by atoms with Crippen molar-refractivity contribution in [3.8, 4) is 0 Å². The first-order chi connectivity index (χ1) is 11.3. The van der Waals surface area contributed by atoms with E-state index < -0.39 is 14.9 Å². The summed E-state index contributed by atoms with van der Waals surface area (Å²) in [6.07, 6.45) is 6.45. The van der Waals surface area contributed by atoms with Gasteiger partial charge in [0.2, 0.25) is 10.0 Å². The topological polar surface area (TPSA) is 107 Å². The molecule has 1 aliphatic rings. The molecule has 0 heterocycles. The summed E-state index contributed by atoms with van der Waals surface area (Å²) in [7, 11) is -4.04. The lowest BCUT2D eigenvalue weighted by atomic mass is 9.88. The van der Waals surface area contributed by atoms with E-state index in [-0.39, 0.29) is 16.3 Å². The summed E-state index contributed by atoms with van der Waals surface area (Å²) in [6, 6.07) is 4.06. The number of sulfonamides is 1. The molecule has 2 N–H and O–H groups in total. The zero-order valence-corrected chi connectivity index (χ0v) is 14.8. The molecule has 1 aromatic rings. The lowest BCUT2D eigenvalue weighted by molar-refractivity contribution is -0.384. The van der Waals surface area contributed by atoms with Crippen molar-refractivity contribution >= 4 is 21.4 Å². The lowest BCUT2D eigenvalue weighted by Gasteiger charge is -2.31. The smallest absolute Gasteiger partial charge is 0.293 e. The summed E-state index contributed by atoms with van der Waals surface area (Å²) >= 11 is 0. The van der Waals surface area contributed by atoms with E-state index in [0.717, 1.165) is 32.1 Å². The van der Waals surface area contributed by atoms with Crippen LogP contribution in [-0.2, 0) is 10.0 Å². The summed E-state index contributed by atoms with van der Waals surface area (Å²) in [5, 5.41) is 16.8. The Morgan fingerprint density at radius 1 is 1.29 bits per heavy atom. The van der Waals surface area contributed by atoms with Gasteiger partial charge in [-0.3, -0.25) is 10.1 Å². The highest BCUT2D eigenvalue weighted by molar-refractivity contribution is 7.89. The maximum Gasteiger partial charge on any atom is 0.293 e. The first-order valence-corrected chi connectivity index (χ1v) is 9.94. The molecule has 0 aliphatic heterocycles. The maximum absolute atomic E-state index is 12.0. The molecular formula is C16H25N3O4S. The highest BCUT2D eigenvalue weighted by Crippen LogP contribution is 2.36. The second kappa shape index (κ2) is 7.94. The number of para-hydroxylation sites is 1. The Balaban J connectivity index is 2.48. The standard InChI is InChI=1S/C16H25N3O4S/c1-2-11-18(12-13-7-4-3-5-8-13)16-14(19(20)21)9-6-10-15(16)24(17,22)23/h6,9-10,13H,2-5,7-8,11-12H2,1H3,(H2,17,22,23). The Morgan fingerprint density at radius 3 is 2.50 bits per heavy atom. The van der Waals surface area contributed by atoms with Crippen LogP contribution in [-0.4, -0.2) is 26.4 Å². The van der Waals surface area contributed by atoms with Crippen molar-refractivity contribution in [1.82, 2.24) is 0 Å². The third kappa shape index (κ3) is 4.45. The third-order valence-electron chi connectivity index (χ3n) is 4.49. The minimum Gasteiger partial charge on any atom is -0.365 e. The van der Waals surface area contributed by atoms with E-state index >= 15 is 0 Å². The van der Waals surface area contributed by atoms with Crippen LogP contribution in [0.15, 0.2) is 23.1 Å². The van der Waals surface area contributed by atoms with E-state index in [1.807, 2.05) is 11.8 Å². The monoisotopic (exact) mass is 355 g/mol. The number of nitrogens with two attached hydrogens (primary N) is 1. The highest BCUT2D eigenvalue weighted by Gasteiger charge is 2.29. The summed E-state index contributed by atoms with van der Waals surface area (Å²) in [5.41, 5.74) is -0.0665. The van der Waals surface area contributed by atoms with Gasteiger partial charge >= 0.3 is 0 Å². The molecule has 0 unspecified atom stereocenters. The summed E-state index contributed by atoms with van der Waals surface area (Å²) in [5.74, 6) is 0.429. The minimum atomic E-state index is -4.04. The van der Waals surface area contributed by atoms with Gasteiger partial charge in [0.1, 0.15) is 10.6 Å². The predicted octanol–water partition coefficient (Wildman–Crippen LogP) is 3.04. The first kappa shape index (κ1) is 18.7. The van der Waals surface area contributed by atoms with Crippen LogP contribution in [0.2, 0.25) is 0 Å². The average Bonchev–Trinajstić information content (AvgIpc) is 2.54. The molecule has 134 valence electrons. The van der Waals surface area contributed by atoms with E-state index in [9.17, 15) is 18.5 Å². The normalized spacial score (nSPS) is 16.1. The minimum absolute atomic E-state index is 0.137. The van der Waals surface area contributed by atoms with Crippen LogP contribution in [0.25, 0.3) is 0 Å². The Morgan fingerprint density at radius 2 is 1.96 bits per heavy atom. The molecule has 0 spiro atoms. The molecule has 2 rings (SSSR count). The average molecular weight is 355 g/mol. The van der Waals surface area contributed by atoms with E-state index in [4.69, 9.17) is 5.14 Å². The zero-order valence-electron chi connectivity index (χ0n) is 14.0. The quantitative estimate of drug-likeness (QED) is 0.597. The Labute approximate surface area is 143 Å². The van der Waals surface area contributed by atoms with Gasteiger partial charge in [-0.2, -0.15) is 0 Å². The van der Waals surface area contributed by atoms with Crippen molar-refractivity contribution in [3.63, 3.8) is 0 Å². The molecule has 7 nitrogen and oxygen atoms in total. The number of hydrogen-bond acceptors (Lipinski definition) is 5. The second-order valence-electron chi connectivity index (χ2n) is 6.38. The van der Waals surface area contributed by atoms with Gasteiger partial charge in [-0.05, 0) is 31.2 Å². The fourth-order valence-electron chi connectivity index (χ4n) is 3.45. The Kier molecular flexibility index (Phi) is 6.17. The Hall–Kier alpha value is -1.67. The van der Waals surface area contributed by atoms with Crippen molar-refractivity contribution in [3.05, 3.63) is 28.3 Å². The molecule has 1 fully saturated rings. The molecule has 0 atom stereocenters. The van der Waals surface area contributed by atoms with Crippen LogP contribution in [0.4, 0.5) is 11.4 Å². The number of benzene rings is 1. The summed E-state index contributed by atoms with van der Waals surface area (Å²) in [6.45, 7) is 3.16. The van der Waals surface area contributed by atoms with E-state index in [0.29, 0.717) is 19.0 Å². The molecule has 1 aliphatic carbocycles. The fourth-order valence-corrected chi connectivity index (χ4v) is 4.22. The fraction of sp³-hybridized carbons (Fsp3) is 0.625. The van der Waals surface area contributed by atoms with Crippen LogP contribution in [0.5, 0.6) is 0 Å². The molecule has 1 aromatic carbocycles. The van der Waals surface area contributed by atoms with E-state index in [1.165, 1.54) is 24.6 Å². The van der Waals surface area contributed by atoms with E-state index in [2.05, 4.69) is 0 Å². The van der Waals surface area contributed by atoms with Crippen LogP contribution in [0.1, 0.15) is 45.4 Å². The van der Waals surface area contributed by atoms with Crippen molar-refractivity contribution in [2.75, 3.05) is 18.0 Å². The van der Waals surface area contributed by atoms with Gasteiger partial charge in [0, 0.05) is 19.2 Å². The summed E-state index contributed by atoms with van der Waals surface area (Å²) < 4.78 is 23.9. The van der Waals surface area contributed by atoms with Gasteiger partial charge < -0.3 is 4.90 Å². The molecule has 0 radical (unpaired) electrons. The van der Waals surface area contributed by atoms with Crippen molar-refractivity contribution in [1.29, 1.82) is 0 Å². The SMILES string of the molecule is CCCN(CC1CCCCC1)c1c([N+](=O)[O-])cccc1S(N)(=O)=O. The van der Waals surface area contributed by atoms with E-state index in [1.54, 1.807) is 0 Å². The Bertz CT molecular complexity index is 685. The first-order valence-electron chi connectivity index (χ1n) is 8.39. The number of anilines is 1. The third-order valence-corrected chi connectivity index (χ3v) is 5.44. The van der Waals surface area contributed by atoms with Crippen LogP contribution in [0.3, 0.4) is 0 Å². The molecule has 24 heavy (non-hydrogen) atoms. The van der Waals surface area contributed by atoms with Crippen molar-refractivity contribution in [2.24, 2.45) is 11.1 Å². The second-order valence-corrected chi connectivity index (χ2v) is 7.91. The summed E-state index contributed by atoms with van der Waals surface area (Å²) in [4.78, 5) is 12.6. The van der Waals surface area contributed by atoms with Gasteiger partial charge in [0.15, 0.2) is 0 Å². The molecule has 0 aromatic heterocycles. The zero-order chi connectivity index (χ0) is 17.7. The maximum atomic E-state index is 12.0. The molecule has 0 bridgehead atoms. The number of nitro benzene ring substituents is 1. The predicted molar refractivity (Wildman–Crippen MR) is 93.5 cm³/mol. The number of primary sulfonamides is 1. The van der Waals surface area contributed by atoms with Gasteiger partial charge in [0.25, 0.3) is 5.69 Å². The van der Waals surface area contributed by atoms with Crippen molar-refractivity contribution < 1.29 is 13.3 Å². The highest BCUT2D eigenvalue weighted by atomic mass is 32.2. The molecular weight excluding hydrogens is 330 g/mol. The lowest BCUT2D eigenvalue weighted by Crippen LogP contribution is -2.33. The van der Waals surface area contributed by atoms with Gasteiger partial charge in [-0.1, -0.05) is 32.3 Å². The van der Waals surface area contributed by atoms with Crippen LogP contribution < -0.4 is 10.0 Å².